The largest absolute Gasteiger partial charge is 0.368 e. The van der Waals surface area contributed by atoms with Crippen molar-refractivity contribution in [1.29, 1.82) is 0 Å². The Morgan fingerprint density at radius 1 is 0.879 bits per heavy atom. The molecule has 5 rings (SSSR count). The van der Waals surface area contributed by atoms with E-state index in [1.165, 1.54) is 21.3 Å². The van der Waals surface area contributed by atoms with Crippen molar-refractivity contribution in [3.8, 4) is 0 Å². The zero-order chi connectivity index (χ0) is 23.2. The van der Waals surface area contributed by atoms with Crippen molar-refractivity contribution in [3.05, 3.63) is 95.1 Å². The van der Waals surface area contributed by atoms with Gasteiger partial charge in [0.2, 0.25) is 5.91 Å². The van der Waals surface area contributed by atoms with Crippen molar-refractivity contribution in [2.75, 3.05) is 10.8 Å². The molecule has 2 amide bonds. The molecule has 33 heavy (non-hydrogen) atoms. The molecular weight excluding hydrogens is 438 g/mol. The lowest BCUT2D eigenvalue weighted by Gasteiger charge is -2.35. The monoisotopic (exact) mass is 461 g/mol. The standard InChI is InChI=1S/C25H23N3O4S/c26-24(29)23-15-18-7-1-2-8-20(18)16-27(23)25(30)19-9-5-10-21(14-19)33(31,32)28-13-12-17-6-3-4-11-22(17)28/h1-11,14,23H,12-13,15-16H2,(H2,26,29)/t23-/m0/s1. The molecule has 0 spiro atoms. The molecule has 0 saturated heterocycles. The van der Waals surface area contributed by atoms with Crippen molar-refractivity contribution in [2.24, 2.45) is 5.73 Å². The molecule has 0 bridgehead atoms. The summed E-state index contributed by atoms with van der Waals surface area (Å²) >= 11 is 0. The molecule has 8 heteroatoms. The van der Waals surface area contributed by atoms with E-state index >= 15 is 0 Å². The van der Waals surface area contributed by atoms with Gasteiger partial charge in [0.05, 0.1) is 10.6 Å². The number of nitrogens with two attached hydrogens (primary N) is 1. The van der Waals surface area contributed by atoms with Crippen molar-refractivity contribution < 1.29 is 18.0 Å². The summed E-state index contributed by atoms with van der Waals surface area (Å²) in [6.07, 6.45) is 0.974. The van der Waals surface area contributed by atoms with E-state index in [1.807, 2.05) is 42.5 Å². The molecule has 0 fully saturated rings. The van der Waals surface area contributed by atoms with Gasteiger partial charge in [0.25, 0.3) is 15.9 Å². The second-order valence-corrected chi connectivity index (χ2v) is 10.2. The van der Waals surface area contributed by atoms with Crippen LogP contribution in [0.1, 0.15) is 27.0 Å². The maximum absolute atomic E-state index is 13.4. The number of carbonyl (C=O) groups is 2. The van der Waals surface area contributed by atoms with E-state index in [1.54, 1.807) is 18.2 Å². The van der Waals surface area contributed by atoms with Crippen LogP contribution in [-0.2, 0) is 34.2 Å². The maximum Gasteiger partial charge on any atom is 0.264 e. The molecule has 7 nitrogen and oxygen atoms in total. The molecule has 0 saturated carbocycles. The summed E-state index contributed by atoms with van der Waals surface area (Å²) in [7, 11) is -3.85. The fourth-order valence-electron chi connectivity index (χ4n) is 4.63. The quantitative estimate of drug-likeness (QED) is 0.645. The van der Waals surface area contributed by atoms with E-state index in [0.717, 1.165) is 16.7 Å². The average Bonchev–Trinajstić information content (AvgIpc) is 3.28. The van der Waals surface area contributed by atoms with E-state index in [-0.39, 0.29) is 17.0 Å². The third-order valence-electron chi connectivity index (χ3n) is 6.35. The summed E-state index contributed by atoms with van der Waals surface area (Å²) in [5, 5.41) is 0. The number of carbonyl (C=O) groups excluding carboxylic acids is 2. The first-order valence-electron chi connectivity index (χ1n) is 10.7. The molecule has 2 aliphatic rings. The topological polar surface area (TPSA) is 101 Å². The van der Waals surface area contributed by atoms with Gasteiger partial charge in [-0.25, -0.2) is 8.42 Å². The van der Waals surface area contributed by atoms with Crippen LogP contribution in [0.2, 0.25) is 0 Å². The minimum absolute atomic E-state index is 0.0399. The predicted octanol–water partition coefficient (Wildman–Crippen LogP) is 2.49. The molecule has 3 aromatic carbocycles. The molecular formula is C25H23N3O4S. The SMILES string of the molecule is NC(=O)[C@@H]1Cc2ccccc2CN1C(=O)c1cccc(S(=O)(=O)N2CCc3ccccc32)c1. The van der Waals surface area contributed by atoms with Crippen LogP contribution in [0, 0.1) is 0 Å². The van der Waals surface area contributed by atoms with Crippen LogP contribution in [-0.4, -0.2) is 37.7 Å². The van der Waals surface area contributed by atoms with Crippen LogP contribution >= 0.6 is 0 Å². The first-order valence-corrected chi connectivity index (χ1v) is 12.2. The molecule has 0 aromatic heterocycles. The number of sulfonamides is 1. The number of nitrogens with zero attached hydrogens (tertiary/aromatic N) is 2. The minimum atomic E-state index is -3.85. The molecule has 2 aliphatic heterocycles. The van der Waals surface area contributed by atoms with Crippen LogP contribution in [0.5, 0.6) is 0 Å². The van der Waals surface area contributed by atoms with Gasteiger partial charge in [-0.2, -0.15) is 0 Å². The molecule has 0 radical (unpaired) electrons. The van der Waals surface area contributed by atoms with Gasteiger partial charge in [0.15, 0.2) is 0 Å². The highest BCUT2D eigenvalue weighted by atomic mass is 32.2. The number of para-hydroxylation sites is 1. The second-order valence-electron chi connectivity index (χ2n) is 8.31. The lowest BCUT2D eigenvalue weighted by Crippen LogP contribution is -2.51. The lowest BCUT2D eigenvalue weighted by atomic mass is 9.93. The van der Waals surface area contributed by atoms with Crippen LogP contribution < -0.4 is 10.0 Å². The highest BCUT2D eigenvalue weighted by Crippen LogP contribution is 2.33. The Labute approximate surface area is 192 Å². The third-order valence-corrected chi connectivity index (χ3v) is 8.16. The van der Waals surface area contributed by atoms with E-state index in [2.05, 4.69) is 0 Å². The zero-order valence-corrected chi connectivity index (χ0v) is 18.7. The second kappa shape index (κ2) is 8.04. The normalized spacial score (nSPS) is 17.4. The summed E-state index contributed by atoms with van der Waals surface area (Å²) in [4.78, 5) is 27.1. The Bertz CT molecular complexity index is 1370. The van der Waals surface area contributed by atoms with Crippen LogP contribution in [0.15, 0.2) is 77.7 Å². The van der Waals surface area contributed by atoms with Gasteiger partial charge in [-0.15, -0.1) is 0 Å². The molecule has 3 aromatic rings. The summed E-state index contributed by atoms with van der Waals surface area (Å²) < 4.78 is 28.2. The molecule has 0 aliphatic carbocycles. The third kappa shape index (κ3) is 3.66. The Morgan fingerprint density at radius 3 is 2.33 bits per heavy atom. The summed E-state index contributed by atoms with van der Waals surface area (Å²) in [6.45, 7) is 0.589. The highest BCUT2D eigenvalue weighted by Gasteiger charge is 2.35. The fourth-order valence-corrected chi connectivity index (χ4v) is 6.18. The first kappa shape index (κ1) is 21.2. The average molecular weight is 462 g/mol. The van der Waals surface area contributed by atoms with Crippen molar-refractivity contribution in [3.63, 3.8) is 0 Å². The minimum Gasteiger partial charge on any atom is -0.368 e. The van der Waals surface area contributed by atoms with E-state index in [0.29, 0.717) is 25.1 Å². The number of primary amides is 1. The van der Waals surface area contributed by atoms with Crippen LogP contribution in [0.3, 0.4) is 0 Å². The molecule has 0 unspecified atom stereocenters. The van der Waals surface area contributed by atoms with E-state index in [9.17, 15) is 18.0 Å². The molecule has 1 atom stereocenters. The number of benzene rings is 3. The number of anilines is 1. The summed E-state index contributed by atoms with van der Waals surface area (Å²) in [5.74, 6) is -1.01. The van der Waals surface area contributed by atoms with Crippen molar-refractivity contribution in [2.45, 2.75) is 30.3 Å². The number of hydrogen-bond donors (Lipinski definition) is 1. The number of rotatable bonds is 4. The molecule has 168 valence electrons. The fraction of sp³-hybridized carbons (Fsp3) is 0.200. The van der Waals surface area contributed by atoms with Gasteiger partial charge >= 0.3 is 0 Å². The van der Waals surface area contributed by atoms with Crippen molar-refractivity contribution >= 4 is 27.5 Å². The zero-order valence-electron chi connectivity index (χ0n) is 17.8. The summed E-state index contributed by atoms with van der Waals surface area (Å²) in [6, 6.07) is 20.2. The van der Waals surface area contributed by atoms with Gasteiger partial charge < -0.3 is 10.6 Å². The molecule has 2 N–H and O–H groups in total. The van der Waals surface area contributed by atoms with E-state index < -0.39 is 27.9 Å². The van der Waals surface area contributed by atoms with Gasteiger partial charge in [-0.3, -0.25) is 13.9 Å². The lowest BCUT2D eigenvalue weighted by molar-refractivity contribution is -0.122. The van der Waals surface area contributed by atoms with E-state index in [4.69, 9.17) is 5.73 Å². The Hall–Kier alpha value is -3.65. The van der Waals surface area contributed by atoms with Gasteiger partial charge in [0.1, 0.15) is 6.04 Å². The number of fused-ring (bicyclic) bond motifs is 2. The predicted molar refractivity (Wildman–Crippen MR) is 124 cm³/mol. The van der Waals surface area contributed by atoms with Crippen LogP contribution in [0.4, 0.5) is 5.69 Å². The van der Waals surface area contributed by atoms with Gasteiger partial charge in [-0.1, -0.05) is 48.5 Å². The maximum atomic E-state index is 13.4. The van der Waals surface area contributed by atoms with Gasteiger partial charge in [0, 0.05) is 25.1 Å². The Morgan fingerprint density at radius 2 is 1.58 bits per heavy atom. The van der Waals surface area contributed by atoms with Gasteiger partial charge in [-0.05, 0) is 47.4 Å². The first-order chi connectivity index (χ1) is 15.9. The summed E-state index contributed by atoms with van der Waals surface area (Å²) in [5.41, 5.74) is 9.39. The smallest absolute Gasteiger partial charge is 0.264 e. The Kier molecular flexibility index (Phi) is 5.17. The molecule has 2 heterocycles. The Balaban J connectivity index is 1.48. The highest BCUT2D eigenvalue weighted by molar-refractivity contribution is 7.92. The number of amides is 2. The number of hydrogen-bond acceptors (Lipinski definition) is 4. The van der Waals surface area contributed by atoms with Crippen LogP contribution in [0.25, 0.3) is 0 Å². The van der Waals surface area contributed by atoms with Crippen molar-refractivity contribution in [1.82, 2.24) is 4.90 Å².